The van der Waals surface area contributed by atoms with Crippen molar-refractivity contribution in [3.63, 3.8) is 0 Å². The van der Waals surface area contributed by atoms with Crippen molar-refractivity contribution < 1.29 is 4.79 Å². The number of rotatable bonds is 4. The van der Waals surface area contributed by atoms with Gasteiger partial charge in [-0.05, 0) is 43.1 Å². The second-order valence-corrected chi connectivity index (χ2v) is 7.22. The van der Waals surface area contributed by atoms with E-state index in [-0.39, 0.29) is 5.91 Å². The van der Waals surface area contributed by atoms with Gasteiger partial charge < -0.3 is 15.1 Å². The highest BCUT2D eigenvalue weighted by molar-refractivity contribution is 6.03. The molecule has 1 fully saturated rings. The number of anilines is 2. The molecule has 1 aromatic heterocycles. The molecule has 0 unspecified atom stereocenters. The molecule has 26 heavy (non-hydrogen) atoms. The van der Waals surface area contributed by atoms with Gasteiger partial charge in [0.15, 0.2) is 11.5 Å². The lowest BCUT2D eigenvalue weighted by molar-refractivity contribution is 0.102. The molecule has 1 N–H and O–H groups in total. The Kier molecular flexibility index (Phi) is 5.52. The van der Waals surface area contributed by atoms with Gasteiger partial charge in [0, 0.05) is 31.9 Å². The highest BCUT2D eigenvalue weighted by Crippen LogP contribution is 2.27. The van der Waals surface area contributed by atoms with E-state index in [1.165, 1.54) is 0 Å². The van der Waals surface area contributed by atoms with Crippen molar-refractivity contribution in [2.24, 2.45) is 0 Å². The predicted molar refractivity (Wildman–Crippen MR) is 105 cm³/mol. The molecule has 1 aliphatic heterocycles. The van der Waals surface area contributed by atoms with Crippen LogP contribution in [0, 0.1) is 6.92 Å². The fourth-order valence-corrected chi connectivity index (χ4v) is 3.17. The van der Waals surface area contributed by atoms with Crippen LogP contribution in [-0.2, 0) is 0 Å². The zero-order chi connectivity index (χ0) is 18.7. The van der Waals surface area contributed by atoms with Crippen molar-refractivity contribution in [2.75, 3.05) is 43.4 Å². The monoisotopic (exact) mass is 353 g/mol. The van der Waals surface area contributed by atoms with Gasteiger partial charge >= 0.3 is 0 Å². The van der Waals surface area contributed by atoms with Crippen LogP contribution >= 0.6 is 0 Å². The van der Waals surface area contributed by atoms with E-state index in [4.69, 9.17) is 0 Å². The van der Waals surface area contributed by atoms with E-state index in [2.05, 4.69) is 52.3 Å². The molecule has 1 saturated heterocycles. The summed E-state index contributed by atoms with van der Waals surface area (Å²) in [7, 11) is 2.12. The molecule has 0 radical (unpaired) electrons. The first kappa shape index (κ1) is 18.3. The number of para-hydroxylation sites is 1. The summed E-state index contributed by atoms with van der Waals surface area (Å²) in [6, 6.07) is 9.71. The minimum Gasteiger partial charge on any atom is -0.353 e. The summed E-state index contributed by atoms with van der Waals surface area (Å²) in [5.74, 6) is 0.933. The zero-order valence-electron chi connectivity index (χ0n) is 16.0. The van der Waals surface area contributed by atoms with E-state index in [1.807, 2.05) is 25.1 Å². The lowest BCUT2D eigenvalue weighted by Crippen LogP contribution is -2.44. The summed E-state index contributed by atoms with van der Waals surface area (Å²) in [6.45, 7) is 10.1. The van der Waals surface area contributed by atoms with Gasteiger partial charge in [-0.1, -0.05) is 32.0 Å². The first-order chi connectivity index (χ1) is 12.5. The van der Waals surface area contributed by atoms with Crippen LogP contribution in [0.1, 0.15) is 41.4 Å². The Bertz CT molecular complexity index is 764. The van der Waals surface area contributed by atoms with Crippen molar-refractivity contribution in [3.8, 4) is 0 Å². The number of hydrogen-bond donors (Lipinski definition) is 1. The van der Waals surface area contributed by atoms with Gasteiger partial charge in [-0.3, -0.25) is 4.79 Å². The van der Waals surface area contributed by atoms with Crippen LogP contribution in [0.4, 0.5) is 11.5 Å². The maximum Gasteiger partial charge on any atom is 0.276 e. The average Bonchev–Trinajstić information content (AvgIpc) is 2.64. The summed E-state index contributed by atoms with van der Waals surface area (Å²) < 4.78 is 0. The molecular weight excluding hydrogens is 326 g/mol. The van der Waals surface area contributed by atoms with Crippen LogP contribution in [0.25, 0.3) is 0 Å². The number of likely N-dealkylation sites (N-methyl/N-ethyl adjacent to an activating group) is 1. The Morgan fingerprint density at radius 2 is 1.81 bits per heavy atom. The van der Waals surface area contributed by atoms with E-state index < -0.39 is 0 Å². The number of nitrogens with one attached hydrogen (secondary N) is 1. The van der Waals surface area contributed by atoms with E-state index in [0.717, 1.165) is 48.8 Å². The number of hydrogen-bond acceptors (Lipinski definition) is 5. The minimum absolute atomic E-state index is 0.223. The van der Waals surface area contributed by atoms with Gasteiger partial charge in [0.25, 0.3) is 5.91 Å². The predicted octanol–water partition coefficient (Wildman–Crippen LogP) is 2.91. The number of amides is 1. The summed E-state index contributed by atoms with van der Waals surface area (Å²) in [5, 5.41) is 11.4. The molecule has 0 aliphatic carbocycles. The second kappa shape index (κ2) is 7.83. The molecule has 0 spiro atoms. The van der Waals surface area contributed by atoms with Gasteiger partial charge in [0.2, 0.25) is 0 Å². The smallest absolute Gasteiger partial charge is 0.276 e. The molecule has 2 heterocycles. The minimum atomic E-state index is -0.223. The normalized spacial score (nSPS) is 15.3. The Balaban J connectivity index is 1.73. The third kappa shape index (κ3) is 4.02. The molecule has 3 rings (SSSR count). The zero-order valence-corrected chi connectivity index (χ0v) is 16.0. The van der Waals surface area contributed by atoms with Crippen molar-refractivity contribution in [1.82, 2.24) is 15.1 Å². The number of piperazine rings is 1. The fraction of sp³-hybridized carbons (Fsp3) is 0.450. The van der Waals surface area contributed by atoms with Crippen molar-refractivity contribution >= 4 is 17.4 Å². The van der Waals surface area contributed by atoms with Crippen molar-refractivity contribution in [2.45, 2.75) is 26.7 Å². The standard InChI is InChI=1S/C20H27N5O/c1-14(2)16-7-5-6-15(3)19(16)21-20(26)17-8-9-18(23-22-17)25-12-10-24(4)11-13-25/h5-9,14H,10-13H2,1-4H3,(H,21,26). The second-order valence-electron chi connectivity index (χ2n) is 7.22. The number of aromatic nitrogens is 2. The molecule has 6 nitrogen and oxygen atoms in total. The van der Waals surface area contributed by atoms with Crippen LogP contribution < -0.4 is 10.2 Å². The van der Waals surface area contributed by atoms with Gasteiger partial charge in [-0.25, -0.2) is 0 Å². The number of carbonyl (C=O) groups is 1. The average molecular weight is 353 g/mol. The van der Waals surface area contributed by atoms with E-state index in [1.54, 1.807) is 6.07 Å². The van der Waals surface area contributed by atoms with Gasteiger partial charge in [-0.15, -0.1) is 10.2 Å². The molecule has 0 atom stereocenters. The highest BCUT2D eigenvalue weighted by atomic mass is 16.1. The van der Waals surface area contributed by atoms with Crippen LogP contribution in [-0.4, -0.2) is 54.2 Å². The molecule has 6 heteroatoms. The lowest BCUT2D eigenvalue weighted by Gasteiger charge is -2.32. The molecule has 2 aromatic rings. The van der Waals surface area contributed by atoms with Gasteiger partial charge in [0.1, 0.15) is 0 Å². The molecule has 1 aliphatic rings. The summed E-state index contributed by atoms with van der Waals surface area (Å²) >= 11 is 0. The fourth-order valence-electron chi connectivity index (χ4n) is 3.17. The first-order valence-corrected chi connectivity index (χ1v) is 9.14. The summed E-state index contributed by atoms with van der Waals surface area (Å²) in [4.78, 5) is 17.1. The maximum atomic E-state index is 12.6. The Morgan fingerprint density at radius 1 is 1.08 bits per heavy atom. The molecule has 1 aromatic carbocycles. The molecule has 0 saturated carbocycles. The van der Waals surface area contributed by atoms with Crippen molar-refractivity contribution in [1.29, 1.82) is 0 Å². The van der Waals surface area contributed by atoms with Gasteiger partial charge in [-0.2, -0.15) is 0 Å². The Labute approximate surface area is 155 Å². The third-order valence-corrected chi connectivity index (χ3v) is 4.88. The van der Waals surface area contributed by atoms with Crippen LogP contribution in [0.15, 0.2) is 30.3 Å². The van der Waals surface area contributed by atoms with Crippen LogP contribution in [0.2, 0.25) is 0 Å². The molecule has 0 bridgehead atoms. The van der Waals surface area contributed by atoms with E-state index >= 15 is 0 Å². The van der Waals surface area contributed by atoms with Crippen molar-refractivity contribution in [3.05, 3.63) is 47.2 Å². The quantitative estimate of drug-likeness (QED) is 0.916. The van der Waals surface area contributed by atoms with Crippen LogP contribution in [0.5, 0.6) is 0 Å². The third-order valence-electron chi connectivity index (χ3n) is 4.88. The summed E-state index contributed by atoms with van der Waals surface area (Å²) in [6.07, 6.45) is 0. The number of nitrogens with zero attached hydrogens (tertiary/aromatic N) is 4. The Hall–Kier alpha value is -2.47. The largest absolute Gasteiger partial charge is 0.353 e. The van der Waals surface area contributed by atoms with E-state index in [0.29, 0.717) is 11.6 Å². The van der Waals surface area contributed by atoms with E-state index in [9.17, 15) is 4.79 Å². The SMILES string of the molecule is Cc1cccc(C(C)C)c1NC(=O)c1ccc(N2CCN(C)CC2)nn1. The molecular formula is C20H27N5O. The maximum absolute atomic E-state index is 12.6. The molecule has 138 valence electrons. The first-order valence-electron chi connectivity index (χ1n) is 9.14. The number of carbonyl (C=O) groups excluding carboxylic acids is 1. The van der Waals surface area contributed by atoms with Gasteiger partial charge in [0.05, 0.1) is 0 Å². The van der Waals surface area contributed by atoms with Crippen LogP contribution in [0.3, 0.4) is 0 Å². The Morgan fingerprint density at radius 3 is 2.42 bits per heavy atom. The number of benzene rings is 1. The highest BCUT2D eigenvalue weighted by Gasteiger charge is 2.18. The number of aryl methyl sites for hydroxylation is 1. The summed E-state index contributed by atoms with van der Waals surface area (Å²) in [5.41, 5.74) is 3.38. The lowest BCUT2D eigenvalue weighted by atomic mass is 9.98. The molecule has 1 amide bonds. The topological polar surface area (TPSA) is 61.4 Å².